The molecule has 1 amide bonds. The summed E-state index contributed by atoms with van der Waals surface area (Å²) in [6, 6.07) is 16.9. The Bertz CT molecular complexity index is 1330. The molecule has 32 heavy (non-hydrogen) atoms. The molecule has 9 heteroatoms. The topological polar surface area (TPSA) is 110 Å². The molecule has 0 unspecified atom stereocenters. The van der Waals surface area contributed by atoms with Crippen molar-refractivity contribution in [1.29, 1.82) is 0 Å². The maximum absolute atomic E-state index is 12.9. The minimum atomic E-state index is -0.538. The number of halogens is 1. The van der Waals surface area contributed by atoms with Gasteiger partial charge in [-0.1, -0.05) is 36.4 Å². The molecular weight excluding hydrogens is 415 g/mol. The van der Waals surface area contributed by atoms with Crippen LogP contribution < -0.4 is 5.32 Å². The highest BCUT2D eigenvalue weighted by Crippen LogP contribution is 2.26. The van der Waals surface area contributed by atoms with Crippen molar-refractivity contribution in [3.8, 4) is 11.4 Å². The van der Waals surface area contributed by atoms with Crippen molar-refractivity contribution in [2.24, 2.45) is 0 Å². The van der Waals surface area contributed by atoms with Crippen LogP contribution in [0.3, 0.4) is 0 Å². The zero-order valence-electron chi connectivity index (χ0n) is 16.6. The maximum atomic E-state index is 12.9. The molecule has 0 radical (unpaired) electrons. The molecule has 2 N–H and O–H groups in total. The second kappa shape index (κ2) is 8.68. The number of nitro benzene ring substituents is 1. The van der Waals surface area contributed by atoms with Gasteiger partial charge in [0.05, 0.1) is 10.4 Å². The highest BCUT2D eigenvalue weighted by molar-refractivity contribution is 5.91. The SMILES string of the molecule is O=C(/C=C/c1ccc(F)cc1)NCc1ccc(-c2nc3ccc([N+](=O)[O-])cc3n2O)cc1. The molecule has 0 fully saturated rings. The third-order valence-electron chi connectivity index (χ3n) is 4.80. The fourth-order valence-corrected chi connectivity index (χ4v) is 3.12. The monoisotopic (exact) mass is 432 g/mol. The average molecular weight is 432 g/mol. The first kappa shape index (κ1) is 20.7. The van der Waals surface area contributed by atoms with Crippen LogP contribution in [0, 0.1) is 15.9 Å². The van der Waals surface area contributed by atoms with Crippen molar-refractivity contribution in [3.63, 3.8) is 0 Å². The molecule has 0 atom stereocenters. The van der Waals surface area contributed by atoms with Crippen LogP contribution in [-0.4, -0.2) is 25.8 Å². The summed E-state index contributed by atoms with van der Waals surface area (Å²) in [5, 5.41) is 24.1. The minimum absolute atomic E-state index is 0.140. The molecule has 1 heterocycles. The Morgan fingerprint density at radius 2 is 1.84 bits per heavy atom. The average Bonchev–Trinajstić information content (AvgIpc) is 3.13. The quantitative estimate of drug-likeness (QED) is 0.204. The Morgan fingerprint density at radius 3 is 2.53 bits per heavy atom. The summed E-state index contributed by atoms with van der Waals surface area (Å²) in [5.74, 6) is -0.386. The van der Waals surface area contributed by atoms with Gasteiger partial charge in [0.25, 0.3) is 5.69 Å². The van der Waals surface area contributed by atoms with Gasteiger partial charge in [0.15, 0.2) is 5.82 Å². The Labute approximate surface area is 181 Å². The first-order chi connectivity index (χ1) is 15.4. The predicted molar refractivity (Wildman–Crippen MR) is 116 cm³/mol. The number of benzene rings is 3. The standard InChI is InChI=1S/C23H17FN4O4/c24-18-8-3-15(4-9-18)5-12-22(29)25-14-16-1-6-17(7-2-16)23-26-20-11-10-19(28(31)32)13-21(20)27(23)30/h1-13,30H,14H2,(H,25,29)/b12-5+. The number of nitro groups is 1. The molecule has 0 aliphatic heterocycles. The van der Waals surface area contributed by atoms with Gasteiger partial charge in [-0.05, 0) is 35.4 Å². The summed E-state index contributed by atoms with van der Waals surface area (Å²) in [4.78, 5) is 26.7. The number of hydrogen-bond donors (Lipinski definition) is 2. The van der Waals surface area contributed by atoms with Crippen LogP contribution in [0.5, 0.6) is 0 Å². The van der Waals surface area contributed by atoms with E-state index in [1.54, 1.807) is 42.5 Å². The summed E-state index contributed by atoms with van der Waals surface area (Å²) < 4.78 is 13.7. The third-order valence-corrected chi connectivity index (χ3v) is 4.80. The van der Waals surface area contributed by atoms with Crippen molar-refractivity contribution in [3.05, 3.63) is 99.9 Å². The van der Waals surface area contributed by atoms with Crippen LogP contribution in [0.2, 0.25) is 0 Å². The lowest BCUT2D eigenvalue weighted by molar-refractivity contribution is -0.384. The normalized spacial score (nSPS) is 11.2. The van der Waals surface area contributed by atoms with Gasteiger partial charge in [-0.3, -0.25) is 14.9 Å². The van der Waals surface area contributed by atoms with E-state index in [9.17, 15) is 24.5 Å². The maximum Gasteiger partial charge on any atom is 0.271 e. The first-order valence-electron chi connectivity index (χ1n) is 9.57. The number of nitrogens with one attached hydrogen (secondary N) is 1. The number of non-ortho nitro benzene ring substituents is 1. The molecule has 0 saturated carbocycles. The number of carbonyl (C=O) groups excluding carboxylic acids is 1. The zero-order chi connectivity index (χ0) is 22.7. The molecule has 1 aromatic heterocycles. The van der Waals surface area contributed by atoms with Gasteiger partial charge in [-0.25, -0.2) is 9.37 Å². The second-order valence-corrected chi connectivity index (χ2v) is 6.98. The molecule has 0 aliphatic rings. The predicted octanol–water partition coefficient (Wildman–Crippen LogP) is 4.32. The van der Waals surface area contributed by atoms with E-state index >= 15 is 0 Å². The van der Waals surface area contributed by atoms with Crippen molar-refractivity contribution >= 4 is 28.7 Å². The largest absolute Gasteiger partial charge is 0.426 e. The molecule has 3 aromatic carbocycles. The highest BCUT2D eigenvalue weighted by atomic mass is 19.1. The molecule has 4 rings (SSSR count). The number of carbonyl (C=O) groups is 1. The van der Waals surface area contributed by atoms with E-state index in [2.05, 4.69) is 10.3 Å². The van der Waals surface area contributed by atoms with Crippen LogP contribution in [0.4, 0.5) is 10.1 Å². The van der Waals surface area contributed by atoms with Gasteiger partial charge in [0.1, 0.15) is 11.3 Å². The Hall–Kier alpha value is -4.53. The highest BCUT2D eigenvalue weighted by Gasteiger charge is 2.15. The molecule has 8 nitrogen and oxygen atoms in total. The molecule has 160 valence electrons. The van der Waals surface area contributed by atoms with Crippen LogP contribution in [0.25, 0.3) is 28.5 Å². The van der Waals surface area contributed by atoms with Gasteiger partial charge in [0.2, 0.25) is 5.91 Å². The summed E-state index contributed by atoms with van der Waals surface area (Å²) >= 11 is 0. The molecular formula is C23H17FN4O4. The van der Waals surface area contributed by atoms with Crippen LogP contribution in [0.1, 0.15) is 11.1 Å². The second-order valence-electron chi connectivity index (χ2n) is 6.98. The number of hydrogen-bond acceptors (Lipinski definition) is 5. The van der Waals surface area contributed by atoms with Crippen molar-refractivity contribution in [2.75, 3.05) is 0 Å². The Kier molecular flexibility index (Phi) is 5.63. The zero-order valence-corrected chi connectivity index (χ0v) is 16.6. The van der Waals surface area contributed by atoms with Crippen molar-refractivity contribution in [1.82, 2.24) is 15.0 Å². The van der Waals surface area contributed by atoms with Crippen LogP contribution in [0.15, 0.2) is 72.8 Å². The Morgan fingerprint density at radius 1 is 1.12 bits per heavy atom. The van der Waals surface area contributed by atoms with Gasteiger partial charge in [0, 0.05) is 30.3 Å². The lowest BCUT2D eigenvalue weighted by atomic mass is 10.1. The van der Waals surface area contributed by atoms with Gasteiger partial charge >= 0.3 is 0 Å². The molecule has 0 bridgehead atoms. The van der Waals surface area contributed by atoms with Crippen LogP contribution >= 0.6 is 0 Å². The lowest BCUT2D eigenvalue weighted by Crippen LogP contribution is -2.20. The third kappa shape index (κ3) is 4.46. The number of amides is 1. The van der Waals surface area contributed by atoms with E-state index in [1.165, 1.54) is 36.4 Å². The fraction of sp³-hybridized carbons (Fsp3) is 0.0435. The smallest absolute Gasteiger partial charge is 0.271 e. The number of nitrogens with zero attached hydrogens (tertiary/aromatic N) is 3. The van der Waals surface area contributed by atoms with E-state index in [0.29, 0.717) is 16.6 Å². The summed E-state index contributed by atoms with van der Waals surface area (Å²) in [6.07, 6.45) is 2.96. The van der Waals surface area contributed by atoms with E-state index in [-0.39, 0.29) is 35.3 Å². The van der Waals surface area contributed by atoms with E-state index in [0.717, 1.165) is 10.3 Å². The lowest BCUT2D eigenvalue weighted by Gasteiger charge is -2.05. The summed E-state index contributed by atoms with van der Waals surface area (Å²) in [6.45, 7) is 0.286. The summed E-state index contributed by atoms with van der Waals surface area (Å²) in [5.41, 5.74) is 2.67. The molecule has 0 spiro atoms. The van der Waals surface area contributed by atoms with Gasteiger partial charge < -0.3 is 10.5 Å². The number of rotatable bonds is 6. The Balaban J connectivity index is 1.43. The molecule has 0 aliphatic carbocycles. The van der Waals surface area contributed by atoms with Gasteiger partial charge in [-0.2, -0.15) is 4.73 Å². The number of imidazole rings is 1. The number of aromatic nitrogens is 2. The fourth-order valence-electron chi connectivity index (χ4n) is 3.12. The molecule has 4 aromatic rings. The minimum Gasteiger partial charge on any atom is -0.426 e. The number of fused-ring (bicyclic) bond motifs is 1. The summed E-state index contributed by atoms with van der Waals surface area (Å²) in [7, 11) is 0. The van der Waals surface area contributed by atoms with Crippen LogP contribution in [-0.2, 0) is 11.3 Å². The van der Waals surface area contributed by atoms with E-state index in [1.807, 2.05) is 0 Å². The van der Waals surface area contributed by atoms with Gasteiger partial charge in [-0.15, -0.1) is 0 Å². The first-order valence-corrected chi connectivity index (χ1v) is 9.57. The van der Waals surface area contributed by atoms with E-state index in [4.69, 9.17) is 0 Å². The van der Waals surface area contributed by atoms with E-state index < -0.39 is 4.92 Å². The van der Waals surface area contributed by atoms with Crippen molar-refractivity contribution < 1.29 is 19.3 Å². The van der Waals surface area contributed by atoms with Crippen molar-refractivity contribution in [2.45, 2.75) is 6.54 Å². The molecule has 0 saturated heterocycles.